The highest BCUT2D eigenvalue weighted by molar-refractivity contribution is 5.25. The van der Waals surface area contributed by atoms with Crippen LogP contribution in [0.2, 0.25) is 0 Å². The maximum Gasteiger partial charge on any atom is -0.0141 e. The number of hydrogen-bond donors (Lipinski definition) is 0. The number of hydrogen-bond acceptors (Lipinski definition) is 0. The molecular formula is C11H18. The van der Waals surface area contributed by atoms with Crippen LogP contribution < -0.4 is 0 Å². The van der Waals surface area contributed by atoms with E-state index in [1.807, 2.05) is 6.08 Å². The molecule has 0 nitrogen and oxygen atoms in total. The molecule has 0 heterocycles. The molecule has 0 amide bonds. The van der Waals surface area contributed by atoms with E-state index in [1.165, 1.54) is 16.7 Å². The van der Waals surface area contributed by atoms with Crippen molar-refractivity contribution in [1.82, 2.24) is 0 Å². The van der Waals surface area contributed by atoms with Gasteiger partial charge in [0.15, 0.2) is 0 Å². The molecule has 11 heavy (non-hydrogen) atoms. The highest BCUT2D eigenvalue weighted by atomic mass is 13.9. The van der Waals surface area contributed by atoms with Gasteiger partial charge in [-0.15, -0.1) is 6.58 Å². The molecule has 0 N–H and O–H groups in total. The quantitative estimate of drug-likeness (QED) is 0.423. The van der Waals surface area contributed by atoms with Crippen molar-refractivity contribution in [1.29, 1.82) is 0 Å². The topological polar surface area (TPSA) is 0 Å². The van der Waals surface area contributed by atoms with E-state index in [1.54, 1.807) is 0 Å². The smallest absolute Gasteiger partial charge is 0.0141 e. The molecule has 0 heteroatoms. The molecular weight excluding hydrogens is 132 g/mol. The summed E-state index contributed by atoms with van der Waals surface area (Å²) in [6, 6.07) is 0. The second-order valence-corrected chi connectivity index (χ2v) is 3.17. The summed E-state index contributed by atoms with van der Waals surface area (Å²) < 4.78 is 0. The summed E-state index contributed by atoms with van der Waals surface area (Å²) in [6.45, 7) is 12.2. The van der Waals surface area contributed by atoms with E-state index in [0.29, 0.717) is 0 Å². The third-order valence-electron chi connectivity index (χ3n) is 1.72. The Morgan fingerprint density at radius 2 is 1.73 bits per heavy atom. The van der Waals surface area contributed by atoms with Crippen molar-refractivity contribution in [3.63, 3.8) is 0 Å². The molecule has 0 aromatic heterocycles. The minimum Gasteiger partial charge on any atom is -0.103 e. The molecule has 0 spiro atoms. The van der Waals surface area contributed by atoms with Gasteiger partial charge in [-0.3, -0.25) is 0 Å². The highest BCUT2D eigenvalue weighted by Crippen LogP contribution is 2.09. The second-order valence-electron chi connectivity index (χ2n) is 3.17. The molecule has 0 aliphatic heterocycles. The minimum atomic E-state index is 0.991. The van der Waals surface area contributed by atoms with Crippen LogP contribution in [0.1, 0.15) is 34.1 Å². The van der Waals surface area contributed by atoms with Crippen LogP contribution >= 0.6 is 0 Å². The molecule has 62 valence electrons. The standard InChI is InChI=1S/C11H18/c1-6-7-10(4)8-11(5)9(2)3/h6,8H,1,7H2,2-5H3/b10-8+. The van der Waals surface area contributed by atoms with E-state index in [2.05, 4.69) is 40.3 Å². The van der Waals surface area contributed by atoms with Crippen molar-refractivity contribution >= 4 is 0 Å². The van der Waals surface area contributed by atoms with Gasteiger partial charge in [0.05, 0.1) is 0 Å². The van der Waals surface area contributed by atoms with E-state index < -0.39 is 0 Å². The van der Waals surface area contributed by atoms with E-state index in [-0.39, 0.29) is 0 Å². The monoisotopic (exact) mass is 150 g/mol. The Bertz CT molecular complexity index is 188. The Morgan fingerprint density at radius 3 is 2.09 bits per heavy atom. The molecule has 0 rings (SSSR count). The van der Waals surface area contributed by atoms with Gasteiger partial charge in [0, 0.05) is 0 Å². The number of allylic oxidation sites excluding steroid dienone is 5. The first-order valence-corrected chi connectivity index (χ1v) is 4.00. The van der Waals surface area contributed by atoms with Gasteiger partial charge in [-0.25, -0.2) is 0 Å². The zero-order valence-corrected chi connectivity index (χ0v) is 8.07. The van der Waals surface area contributed by atoms with Crippen LogP contribution in [0.15, 0.2) is 35.5 Å². The van der Waals surface area contributed by atoms with Crippen molar-refractivity contribution in [3.05, 3.63) is 35.5 Å². The first-order valence-electron chi connectivity index (χ1n) is 4.00. The predicted octanol–water partition coefficient (Wildman–Crippen LogP) is 3.87. The average Bonchev–Trinajstić information content (AvgIpc) is 1.87. The van der Waals surface area contributed by atoms with Crippen molar-refractivity contribution in [3.8, 4) is 0 Å². The third kappa shape index (κ3) is 4.60. The Kier molecular flexibility index (Phi) is 4.60. The molecule has 0 aromatic rings. The summed E-state index contributed by atoms with van der Waals surface area (Å²) in [6.07, 6.45) is 5.14. The molecule has 0 radical (unpaired) electrons. The summed E-state index contributed by atoms with van der Waals surface area (Å²) in [5.41, 5.74) is 4.12. The minimum absolute atomic E-state index is 0.991. The molecule has 0 aliphatic carbocycles. The van der Waals surface area contributed by atoms with Gasteiger partial charge in [-0.1, -0.05) is 28.9 Å². The average molecular weight is 150 g/mol. The van der Waals surface area contributed by atoms with Crippen LogP contribution in [0, 0.1) is 0 Å². The SMILES string of the molecule is C=CC/C(C)=C/C(C)=C(C)C. The lowest BCUT2D eigenvalue weighted by molar-refractivity contribution is 1.18. The Morgan fingerprint density at radius 1 is 1.18 bits per heavy atom. The Balaban J connectivity index is 4.30. The van der Waals surface area contributed by atoms with Crippen LogP contribution in [0.4, 0.5) is 0 Å². The molecule has 0 atom stereocenters. The molecule has 0 bridgehead atoms. The summed E-state index contributed by atoms with van der Waals surface area (Å²) in [5, 5.41) is 0. The Hall–Kier alpha value is -0.780. The van der Waals surface area contributed by atoms with E-state index in [4.69, 9.17) is 0 Å². The van der Waals surface area contributed by atoms with Gasteiger partial charge >= 0.3 is 0 Å². The van der Waals surface area contributed by atoms with E-state index in [9.17, 15) is 0 Å². The molecule has 0 aliphatic rings. The van der Waals surface area contributed by atoms with E-state index >= 15 is 0 Å². The van der Waals surface area contributed by atoms with Crippen molar-refractivity contribution in [2.75, 3.05) is 0 Å². The lowest BCUT2D eigenvalue weighted by Crippen LogP contribution is -1.78. The highest BCUT2D eigenvalue weighted by Gasteiger charge is 1.88. The largest absolute Gasteiger partial charge is 0.103 e. The first kappa shape index (κ1) is 10.2. The second kappa shape index (κ2) is 4.95. The molecule has 0 unspecified atom stereocenters. The van der Waals surface area contributed by atoms with Crippen LogP contribution in [0.3, 0.4) is 0 Å². The molecule has 0 fully saturated rings. The van der Waals surface area contributed by atoms with Crippen LogP contribution in [-0.4, -0.2) is 0 Å². The summed E-state index contributed by atoms with van der Waals surface area (Å²) in [4.78, 5) is 0. The van der Waals surface area contributed by atoms with Gasteiger partial charge in [-0.2, -0.15) is 0 Å². The normalized spacial score (nSPS) is 11.1. The molecule has 0 aromatic carbocycles. The molecule has 0 saturated carbocycles. The fourth-order valence-corrected chi connectivity index (χ4v) is 0.801. The third-order valence-corrected chi connectivity index (χ3v) is 1.72. The summed E-state index contributed by atoms with van der Waals surface area (Å²) in [5.74, 6) is 0. The maximum atomic E-state index is 3.70. The number of rotatable bonds is 3. The van der Waals surface area contributed by atoms with Crippen molar-refractivity contribution in [2.24, 2.45) is 0 Å². The van der Waals surface area contributed by atoms with Crippen molar-refractivity contribution in [2.45, 2.75) is 34.1 Å². The predicted molar refractivity (Wildman–Crippen MR) is 52.6 cm³/mol. The fourth-order valence-electron chi connectivity index (χ4n) is 0.801. The maximum absolute atomic E-state index is 3.70. The van der Waals surface area contributed by atoms with Crippen molar-refractivity contribution < 1.29 is 0 Å². The van der Waals surface area contributed by atoms with Crippen LogP contribution in [0.5, 0.6) is 0 Å². The van der Waals surface area contributed by atoms with Gasteiger partial charge < -0.3 is 0 Å². The van der Waals surface area contributed by atoms with E-state index in [0.717, 1.165) is 6.42 Å². The van der Waals surface area contributed by atoms with Crippen LogP contribution in [0.25, 0.3) is 0 Å². The summed E-state index contributed by atoms with van der Waals surface area (Å²) in [7, 11) is 0. The zero-order chi connectivity index (χ0) is 8.85. The van der Waals surface area contributed by atoms with Gasteiger partial charge in [0.1, 0.15) is 0 Å². The molecule has 0 saturated heterocycles. The van der Waals surface area contributed by atoms with Gasteiger partial charge in [0.25, 0.3) is 0 Å². The van der Waals surface area contributed by atoms with Gasteiger partial charge in [-0.05, 0) is 34.1 Å². The van der Waals surface area contributed by atoms with Gasteiger partial charge in [0.2, 0.25) is 0 Å². The lowest BCUT2D eigenvalue weighted by Gasteiger charge is -1.98. The Labute approximate surface area is 70.3 Å². The lowest BCUT2D eigenvalue weighted by atomic mass is 10.1. The summed E-state index contributed by atoms with van der Waals surface area (Å²) >= 11 is 0. The fraction of sp³-hybridized carbons (Fsp3) is 0.455. The zero-order valence-electron chi connectivity index (χ0n) is 8.07. The van der Waals surface area contributed by atoms with Crippen LogP contribution in [-0.2, 0) is 0 Å². The first-order chi connectivity index (χ1) is 5.07.